The molecule has 2 aromatic carbocycles. The number of hydrogen-bond donors (Lipinski definition) is 0. The average Bonchev–Trinajstić information content (AvgIpc) is 3.29. The number of carbonyl (C=O) groups excluding carboxylic acids is 1. The predicted molar refractivity (Wildman–Crippen MR) is 119 cm³/mol. The minimum atomic E-state index is 0.0473. The first kappa shape index (κ1) is 21.1. The Hall–Kier alpha value is -3.15. The van der Waals surface area contributed by atoms with Crippen LogP contribution < -0.4 is 4.74 Å². The van der Waals surface area contributed by atoms with Crippen molar-refractivity contribution in [1.29, 1.82) is 0 Å². The third kappa shape index (κ3) is 4.63. The van der Waals surface area contributed by atoms with E-state index in [0.717, 1.165) is 36.3 Å². The summed E-state index contributed by atoms with van der Waals surface area (Å²) in [6.07, 6.45) is 1.84. The van der Waals surface area contributed by atoms with Gasteiger partial charge in [-0.05, 0) is 60.2 Å². The largest absolute Gasteiger partial charge is 0.497 e. The van der Waals surface area contributed by atoms with Crippen LogP contribution in [-0.4, -0.2) is 41.1 Å². The molecule has 1 aliphatic heterocycles. The molecule has 0 saturated carbocycles. The Morgan fingerprint density at radius 2 is 1.81 bits per heavy atom. The van der Waals surface area contributed by atoms with Gasteiger partial charge in [0.25, 0.3) is 5.91 Å². The van der Waals surface area contributed by atoms with Crippen LogP contribution in [0.5, 0.6) is 5.75 Å². The van der Waals surface area contributed by atoms with Crippen molar-refractivity contribution in [1.82, 2.24) is 15.0 Å². The van der Waals surface area contributed by atoms with E-state index in [2.05, 4.69) is 30.9 Å². The number of rotatable bonds is 4. The number of aromatic nitrogens is 2. The highest BCUT2D eigenvalue weighted by Gasteiger charge is 2.29. The summed E-state index contributed by atoms with van der Waals surface area (Å²) in [4.78, 5) is 19.6. The molecule has 1 atom stereocenters. The molecule has 1 amide bonds. The van der Waals surface area contributed by atoms with Gasteiger partial charge in [-0.25, -0.2) is 0 Å². The van der Waals surface area contributed by atoms with Crippen LogP contribution in [0.1, 0.15) is 61.3 Å². The highest BCUT2D eigenvalue weighted by Crippen LogP contribution is 2.29. The maximum atomic E-state index is 13.1. The van der Waals surface area contributed by atoms with Gasteiger partial charge in [0.15, 0.2) is 0 Å². The zero-order chi connectivity index (χ0) is 22.0. The molecule has 1 unspecified atom stereocenters. The Balaban J connectivity index is 1.46. The number of methoxy groups -OCH3 is 1. The number of amides is 1. The highest BCUT2D eigenvalue weighted by molar-refractivity contribution is 5.94. The third-order valence-electron chi connectivity index (χ3n) is 5.85. The van der Waals surface area contributed by atoms with Crippen molar-refractivity contribution in [2.24, 2.45) is 0 Å². The van der Waals surface area contributed by atoms with Gasteiger partial charge in [0.1, 0.15) is 5.75 Å². The van der Waals surface area contributed by atoms with Crippen molar-refractivity contribution >= 4 is 5.91 Å². The normalized spacial score (nSPS) is 16.9. The summed E-state index contributed by atoms with van der Waals surface area (Å²) in [5, 5.41) is 4.15. The highest BCUT2D eigenvalue weighted by atomic mass is 16.5. The van der Waals surface area contributed by atoms with E-state index < -0.39 is 0 Å². The summed E-state index contributed by atoms with van der Waals surface area (Å²) in [6, 6.07) is 15.5. The van der Waals surface area contributed by atoms with Gasteiger partial charge in [0, 0.05) is 24.2 Å². The zero-order valence-electron chi connectivity index (χ0n) is 18.6. The van der Waals surface area contributed by atoms with Gasteiger partial charge in [0.05, 0.1) is 13.0 Å². The lowest BCUT2D eigenvalue weighted by Crippen LogP contribution is -2.39. The standard InChI is InChI=1S/C25H29N3O3/c1-25(2,3)20-11-7-18(8-12-20)24(29)28-15-5-6-19(16-28)23-26-22(27-31-23)17-9-13-21(30-4)14-10-17/h7-14,19H,5-6,15-16H2,1-4H3. The molecule has 1 saturated heterocycles. The molecule has 3 aromatic rings. The fourth-order valence-electron chi connectivity index (χ4n) is 3.92. The minimum Gasteiger partial charge on any atom is -0.497 e. The Kier molecular flexibility index (Phi) is 5.81. The summed E-state index contributed by atoms with van der Waals surface area (Å²) in [6.45, 7) is 7.84. The molecule has 6 nitrogen and oxygen atoms in total. The topological polar surface area (TPSA) is 68.5 Å². The van der Waals surface area contributed by atoms with Crippen LogP contribution in [0.3, 0.4) is 0 Å². The minimum absolute atomic E-state index is 0.0473. The fraction of sp³-hybridized carbons (Fsp3) is 0.400. The summed E-state index contributed by atoms with van der Waals surface area (Å²) in [5.74, 6) is 2.03. The van der Waals surface area contributed by atoms with Gasteiger partial charge in [-0.3, -0.25) is 4.79 Å². The van der Waals surface area contributed by atoms with Crippen molar-refractivity contribution in [3.8, 4) is 17.1 Å². The maximum Gasteiger partial charge on any atom is 0.253 e. The number of ether oxygens (including phenoxy) is 1. The molecule has 1 fully saturated rings. The fourth-order valence-corrected chi connectivity index (χ4v) is 3.92. The van der Waals surface area contributed by atoms with Crippen molar-refractivity contribution < 1.29 is 14.1 Å². The van der Waals surface area contributed by atoms with Gasteiger partial charge < -0.3 is 14.2 Å². The molecule has 162 valence electrons. The number of piperidine rings is 1. The van der Waals surface area contributed by atoms with Crippen molar-refractivity contribution in [3.63, 3.8) is 0 Å². The molecule has 0 radical (unpaired) electrons. The van der Waals surface area contributed by atoms with Crippen molar-refractivity contribution in [2.45, 2.75) is 44.9 Å². The smallest absolute Gasteiger partial charge is 0.253 e. The second kappa shape index (κ2) is 8.53. The van der Waals surface area contributed by atoms with Crippen molar-refractivity contribution in [3.05, 3.63) is 65.5 Å². The Bertz CT molecular complexity index is 1030. The van der Waals surface area contributed by atoms with Gasteiger partial charge >= 0.3 is 0 Å². The van der Waals surface area contributed by atoms with Crippen LogP contribution in [0.2, 0.25) is 0 Å². The van der Waals surface area contributed by atoms with E-state index in [9.17, 15) is 4.79 Å². The van der Waals surface area contributed by atoms with Gasteiger partial charge in [-0.1, -0.05) is 38.1 Å². The SMILES string of the molecule is COc1ccc(-c2noc(C3CCCN(C(=O)c4ccc(C(C)(C)C)cc4)C3)n2)cc1. The molecule has 4 rings (SSSR count). The van der Waals surface area contributed by atoms with E-state index in [-0.39, 0.29) is 17.2 Å². The Morgan fingerprint density at radius 3 is 2.45 bits per heavy atom. The molecule has 0 N–H and O–H groups in total. The van der Waals surface area contributed by atoms with E-state index in [1.165, 1.54) is 5.56 Å². The lowest BCUT2D eigenvalue weighted by Gasteiger charge is -2.31. The van der Waals surface area contributed by atoms with Crippen LogP contribution in [0.15, 0.2) is 53.1 Å². The zero-order valence-corrected chi connectivity index (χ0v) is 18.6. The van der Waals surface area contributed by atoms with Gasteiger partial charge in [-0.15, -0.1) is 0 Å². The Morgan fingerprint density at radius 1 is 1.10 bits per heavy atom. The number of likely N-dealkylation sites (tertiary alicyclic amines) is 1. The molecule has 6 heteroatoms. The lowest BCUT2D eigenvalue weighted by molar-refractivity contribution is 0.0695. The summed E-state index contributed by atoms with van der Waals surface area (Å²) < 4.78 is 10.8. The van der Waals surface area contributed by atoms with E-state index >= 15 is 0 Å². The first-order chi connectivity index (χ1) is 14.8. The van der Waals surface area contributed by atoms with Crippen LogP contribution >= 0.6 is 0 Å². The maximum absolute atomic E-state index is 13.1. The number of hydrogen-bond acceptors (Lipinski definition) is 5. The average molecular weight is 420 g/mol. The Labute approximate surface area is 183 Å². The van der Waals surface area contributed by atoms with E-state index in [1.807, 2.05) is 53.4 Å². The van der Waals surface area contributed by atoms with Gasteiger partial charge in [-0.2, -0.15) is 4.98 Å². The van der Waals surface area contributed by atoms with Gasteiger partial charge in [0.2, 0.25) is 11.7 Å². The third-order valence-corrected chi connectivity index (χ3v) is 5.85. The quantitative estimate of drug-likeness (QED) is 0.591. The molecule has 1 aromatic heterocycles. The number of nitrogens with zero attached hydrogens (tertiary/aromatic N) is 3. The second-order valence-electron chi connectivity index (χ2n) is 9.10. The van der Waals surface area contributed by atoms with E-state index in [4.69, 9.17) is 9.26 Å². The number of carbonyl (C=O) groups is 1. The molecule has 31 heavy (non-hydrogen) atoms. The van der Waals surface area contributed by atoms with Crippen molar-refractivity contribution in [2.75, 3.05) is 20.2 Å². The van der Waals surface area contributed by atoms with Crippen LogP contribution in [0.25, 0.3) is 11.4 Å². The van der Waals surface area contributed by atoms with E-state index in [1.54, 1.807) is 7.11 Å². The predicted octanol–water partition coefficient (Wildman–Crippen LogP) is 5.06. The molecular weight excluding hydrogens is 390 g/mol. The summed E-state index contributed by atoms with van der Waals surface area (Å²) in [5.41, 5.74) is 2.88. The monoisotopic (exact) mass is 419 g/mol. The summed E-state index contributed by atoms with van der Waals surface area (Å²) in [7, 11) is 1.64. The first-order valence-electron chi connectivity index (χ1n) is 10.7. The summed E-state index contributed by atoms with van der Waals surface area (Å²) >= 11 is 0. The van der Waals surface area contributed by atoms with E-state index in [0.29, 0.717) is 18.3 Å². The molecule has 0 aliphatic carbocycles. The van der Waals surface area contributed by atoms with Crippen LogP contribution in [-0.2, 0) is 5.41 Å². The molecule has 1 aliphatic rings. The molecule has 0 spiro atoms. The van der Waals surface area contributed by atoms with Crippen LogP contribution in [0, 0.1) is 0 Å². The lowest BCUT2D eigenvalue weighted by atomic mass is 9.86. The van der Waals surface area contributed by atoms with Crippen LogP contribution in [0.4, 0.5) is 0 Å². The first-order valence-corrected chi connectivity index (χ1v) is 10.7. The molecule has 2 heterocycles. The molecular formula is C25H29N3O3. The molecule has 0 bridgehead atoms. The second-order valence-corrected chi connectivity index (χ2v) is 9.10. The number of benzene rings is 2.